The zero-order valence-corrected chi connectivity index (χ0v) is 13.3. The summed E-state index contributed by atoms with van der Waals surface area (Å²) in [6, 6.07) is 9.79. The van der Waals surface area contributed by atoms with Gasteiger partial charge in [-0.15, -0.1) is 0 Å². The molecule has 2 heterocycles. The lowest BCUT2D eigenvalue weighted by molar-refractivity contribution is -0.159. The Hall–Kier alpha value is -1.43. The van der Waals surface area contributed by atoms with Gasteiger partial charge in [0, 0.05) is 6.54 Å². The van der Waals surface area contributed by atoms with Crippen LogP contribution in [0, 0.1) is 5.41 Å². The highest BCUT2D eigenvalue weighted by molar-refractivity contribution is 5.82. The predicted octanol–water partition coefficient (Wildman–Crippen LogP) is 1.21. The molecule has 0 aromatic heterocycles. The number of ether oxygens (including phenoxy) is 2. The van der Waals surface area contributed by atoms with E-state index >= 15 is 0 Å². The second kappa shape index (κ2) is 5.33. The largest absolute Gasteiger partial charge is 0.369 e. The van der Waals surface area contributed by atoms with Crippen LogP contribution < -0.4 is 11.1 Å². The van der Waals surface area contributed by atoms with Crippen LogP contribution in [0.3, 0.4) is 0 Å². The lowest BCUT2D eigenvalue weighted by Gasteiger charge is -2.36. The molecule has 22 heavy (non-hydrogen) atoms. The van der Waals surface area contributed by atoms with Gasteiger partial charge in [-0.05, 0) is 32.8 Å². The monoisotopic (exact) mass is 304 g/mol. The maximum absolute atomic E-state index is 12.2. The molecule has 1 amide bonds. The molecule has 2 saturated heterocycles. The Morgan fingerprint density at radius 1 is 1.36 bits per heavy atom. The molecular formula is C17H24N2O3. The summed E-state index contributed by atoms with van der Waals surface area (Å²) in [5, 5.41) is 3.39. The quantitative estimate of drug-likeness (QED) is 0.877. The van der Waals surface area contributed by atoms with Crippen molar-refractivity contribution < 1.29 is 14.3 Å². The summed E-state index contributed by atoms with van der Waals surface area (Å²) >= 11 is 0. The zero-order chi connectivity index (χ0) is 16.0. The SMILES string of the molecule is CC1(C)OC2CNC(C(C)(Cc3ccccc3)C(N)=O)C2O1. The fourth-order valence-corrected chi connectivity index (χ4v) is 3.62. The van der Waals surface area contributed by atoms with E-state index in [1.807, 2.05) is 51.1 Å². The lowest BCUT2D eigenvalue weighted by Crippen LogP contribution is -2.55. The molecule has 0 radical (unpaired) electrons. The molecule has 0 aliphatic carbocycles. The Bertz CT molecular complexity index is 560. The number of primary amides is 1. The number of fused-ring (bicyclic) bond motifs is 1. The molecule has 1 aromatic carbocycles. The molecule has 3 N–H and O–H groups in total. The van der Waals surface area contributed by atoms with Crippen molar-refractivity contribution >= 4 is 5.91 Å². The van der Waals surface area contributed by atoms with Gasteiger partial charge in [-0.1, -0.05) is 30.3 Å². The van der Waals surface area contributed by atoms with E-state index in [-0.39, 0.29) is 24.2 Å². The number of amides is 1. The average molecular weight is 304 g/mol. The van der Waals surface area contributed by atoms with Crippen molar-refractivity contribution in [2.45, 2.75) is 51.2 Å². The Labute approximate surface area is 131 Å². The van der Waals surface area contributed by atoms with Crippen molar-refractivity contribution in [3.63, 3.8) is 0 Å². The number of carbonyl (C=O) groups excluding carboxylic acids is 1. The first kappa shape index (κ1) is 15.5. The Balaban J connectivity index is 1.86. The molecule has 5 nitrogen and oxygen atoms in total. The molecule has 4 unspecified atom stereocenters. The average Bonchev–Trinajstić information content (AvgIpc) is 2.94. The smallest absolute Gasteiger partial charge is 0.225 e. The van der Waals surface area contributed by atoms with Crippen molar-refractivity contribution in [3.05, 3.63) is 35.9 Å². The van der Waals surface area contributed by atoms with Gasteiger partial charge in [0.2, 0.25) is 5.91 Å². The van der Waals surface area contributed by atoms with Gasteiger partial charge >= 0.3 is 0 Å². The topological polar surface area (TPSA) is 73.6 Å². The predicted molar refractivity (Wildman–Crippen MR) is 83.1 cm³/mol. The summed E-state index contributed by atoms with van der Waals surface area (Å²) in [5.41, 5.74) is 6.13. The van der Waals surface area contributed by atoms with Crippen LogP contribution in [0.15, 0.2) is 30.3 Å². The van der Waals surface area contributed by atoms with E-state index in [9.17, 15) is 4.79 Å². The minimum Gasteiger partial charge on any atom is -0.369 e. The highest BCUT2D eigenvalue weighted by Gasteiger charge is 2.56. The van der Waals surface area contributed by atoms with E-state index in [0.717, 1.165) is 5.56 Å². The summed E-state index contributed by atoms with van der Waals surface area (Å²) in [5.74, 6) is -0.927. The van der Waals surface area contributed by atoms with Gasteiger partial charge in [0.15, 0.2) is 5.79 Å². The van der Waals surface area contributed by atoms with Gasteiger partial charge in [0.05, 0.1) is 11.5 Å². The first-order valence-corrected chi connectivity index (χ1v) is 7.75. The molecule has 1 aromatic rings. The third kappa shape index (κ3) is 2.64. The van der Waals surface area contributed by atoms with Crippen LogP contribution in [0.25, 0.3) is 0 Å². The molecule has 4 atom stereocenters. The van der Waals surface area contributed by atoms with E-state index < -0.39 is 11.2 Å². The zero-order valence-electron chi connectivity index (χ0n) is 13.3. The second-order valence-corrected chi connectivity index (χ2v) is 6.97. The number of benzene rings is 1. The van der Waals surface area contributed by atoms with E-state index in [2.05, 4.69) is 5.32 Å². The van der Waals surface area contributed by atoms with Crippen LogP contribution in [0.2, 0.25) is 0 Å². The minimum atomic E-state index is -0.732. The van der Waals surface area contributed by atoms with E-state index in [1.165, 1.54) is 0 Å². The van der Waals surface area contributed by atoms with Gasteiger partial charge in [-0.3, -0.25) is 4.79 Å². The Morgan fingerprint density at radius 3 is 2.68 bits per heavy atom. The van der Waals surface area contributed by atoms with E-state index in [4.69, 9.17) is 15.2 Å². The lowest BCUT2D eigenvalue weighted by atomic mass is 9.74. The molecule has 3 rings (SSSR count). The molecule has 2 aliphatic heterocycles. The number of carbonyl (C=O) groups is 1. The summed E-state index contributed by atoms with van der Waals surface area (Å²) in [6.07, 6.45) is 0.388. The molecule has 0 saturated carbocycles. The number of hydrogen-bond acceptors (Lipinski definition) is 4. The maximum Gasteiger partial charge on any atom is 0.225 e. The standard InChI is InChI=1S/C17H24N2O3/c1-16(2)21-12-10-19-14(13(12)22-16)17(3,15(18)20)9-11-7-5-4-6-8-11/h4-8,12-14,19H,9-10H2,1-3H3,(H2,18,20). The highest BCUT2D eigenvalue weighted by atomic mass is 16.8. The second-order valence-electron chi connectivity index (χ2n) is 6.97. The van der Waals surface area contributed by atoms with Crippen molar-refractivity contribution in [2.24, 2.45) is 11.1 Å². The van der Waals surface area contributed by atoms with Crippen molar-refractivity contribution in [3.8, 4) is 0 Å². The molecule has 0 bridgehead atoms. The third-order valence-corrected chi connectivity index (χ3v) is 4.75. The van der Waals surface area contributed by atoms with Crippen molar-refractivity contribution in [1.29, 1.82) is 0 Å². The molecule has 2 fully saturated rings. The van der Waals surface area contributed by atoms with E-state index in [1.54, 1.807) is 0 Å². The van der Waals surface area contributed by atoms with E-state index in [0.29, 0.717) is 13.0 Å². The van der Waals surface area contributed by atoms with Crippen LogP contribution in [0.1, 0.15) is 26.3 Å². The third-order valence-electron chi connectivity index (χ3n) is 4.75. The molecule has 2 aliphatic rings. The van der Waals surface area contributed by atoms with Crippen LogP contribution in [-0.4, -0.2) is 36.5 Å². The van der Waals surface area contributed by atoms with Gasteiger partial charge in [-0.25, -0.2) is 0 Å². The Morgan fingerprint density at radius 2 is 2.05 bits per heavy atom. The number of rotatable bonds is 4. The highest BCUT2D eigenvalue weighted by Crippen LogP contribution is 2.40. The normalized spacial score (nSPS) is 32.4. The number of hydrogen-bond donors (Lipinski definition) is 2. The Kier molecular flexibility index (Phi) is 3.75. The van der Waals surface area contributed by atoms with Crippen molar-refractivity contribution in [2.75, 3.05) is 6.54 Å². The fourth-order valence-electron chi connectivity index (χ4n) is 3.62. The summed E-state index contributed by atoms with van der Waals surface area (Å²) in [6.45, 7) is 6.40. The van der Waals surface area contributed by atoms with Crippen LogP contribution in [0.5, 0.6) is 0 Å². The maximum atomic E-state index is 12.2. The molecule has 5 heteroatoms. The first-order valence-electron chi connectivity index (χ1n) is 7.75. The first-order chi connectivity index (χ1) is 10.3. The van der Waals surface area contributed by atoms with Gasteiger partial charge < -0.3 is 20.5 Å². The molecule has 120 valence electrons. The van der Waals surface area contributed by atoms with Gasteiger partial charge in [0.1, 0.15) is 12.2 Å². The number of nitrogens with one attached hydrogen (secondary N) is 1. The summed E-state index contributed by atoms with van der Waals surface area (Å²) in [4.78, 5) is 12.2. The molecular weight excluding hydrogens is 280 g/mol. The van der Waals surface area contributed by atoms with Crippen molar-refractivity contribution in [1.82, 2.24) is 5.32 Å². The minimum absolute atomic E-state index is 0.0329. The van der Waals surface area contributed by atoms with Crippen LogP contribution in [-0.2, 0) is 20.7 Å². The number of nitrogens with two attached hydrogens (primary N) is 1. The van der Waals surface area contributed by atoms with Crippen LogP contribution in [0.4, 0.5) is 0 Å². The molecule has 0 spiro atoms. The van der Waals surface area contributed by atoms with Gasteiger partial charge in [-0.2, -0.15) is 0 Å². The van der Waals surface area contributed by atoms with Crippen LogP contribution >= 0.6 is 0 Å². The van der Waals surface area contributed by atoms with Gasteiger partial charge in [0.25, 0.3) is 0 Å². The summed E-state index contributed by atoms with van der Waals surface area (Å²) < 4.78 is 11.9. The summed E-state index contributed by atoms with van der Waals surface area (Å²) in [7, 11) is 0. The fraction of sp³-hybridized carbons (Fsp3) is 0.588.